The van der Waals surface area contributed by atoms with Crippen molar-refractivity contribution in [3.8, 4) is 0 Å². The van der Waals surface area contributed by atoms with Crippen molar-refractivity contribution >= 4 is 12.1 Å². The number of rotatable bonds is 2. The monoisotopic (exact) mass is 325 g/mol. The van der Waals surface area contributed by atoms with Gasteiger partial charge < -0.3 is 9.47 Å². The fraction of sp³-hybridized carbons (Fsp3) is 0.263. The zero-order valence-electron chi connectivity index (χ0n) is 13.6. The standard InChI is InChI=1S/C19H19NO4/c1-23-18(21)17-16(13-8-4-3-5-9-13)15-11-7-6-10-14(15)12-20(17)19(22)24-2/h3-11,16-17H,12H2,1-2H3/t16-,17+/m1/s1. The molecule has 2 aromatic carbocycles. The fourth-order valence-corrected chi connectivity index (χ4v) is 3.32. The van der Waals surface area contributed by atoms with Gasteiger partial charge in [-0.25, -0.2) is 9.59 Å². The molecule has 0 saturated heterocycles. The first-order valence-corrected chi connectivity index (χ1v) is 7.72. The van der Waals surface area contributed by atoms with Gasteiger partial charge in [0.05, 0.1) is 20.8 Å². The number of carbonyl (C=O) groups excluding carboxylic acids is 2. The van der Waals surface area contributed by atoms with Crippen LogP contribution >= 0.6 is 0 Å². The number of nitrogens with zero attached hydrogens (tertiary/aromatic N) is 1. The highest BCUT2D eigenvalue weighted by Gasteiger charge is 2.43. The number of ether oxygens (including phenoxy) is 2. The molecule has 0 aliphatic carbocycles. The summed E-state index contributed by atoms with van der Waals surface area (Å²) in [6, 6.07) is 16.7. The van der Waals surface area contributed by atoms with E-state index in [4.69, 9.17) is 9.47 Å². The Balaban J connectivity index is 2.19. The molecular formula is C19H19NO4. The van der Waals surface area contributed by atoms with Crippen molar-refractivity contribution in [2.24, 2.45) is 0 Å². The lowest BCUT2D eigenvalue weighted by Crippen LogP contribution is -2.51. The second-order valence-electron chi connectivity index (χ2n) is 5.65. The molecule has 0 aromatic heterocycles. The minimum atomic E-state index is -0.764. The largest absolute Gasteiger partial charge is 0.467 e. The zero-order chi connectivity index (χ0) is 17.1. The van der Waals surface area contributed by atoms with Crippen LogP contribution in [0.4, 0.5) is 4.79 Å². The molecule has 124 valence electrons. The van der Waals surface area contributed by atoms with E-state index in [1.165, 1.54) is 19.1 Å². The van der Waals surface area contributed by atoms with E-state index < -0.39 is 18.1 Å². The minimum absolute atomic E-state index is 0.303. The molecule has 0 N–H and O–H groups in total. The molecule has 0 radical (unpaired) electrons. The first kappa shape index (κ1) is 16.1. The second kappa shape index (κ2) is 6.74. The predicted molar refractivity (Wildman–Crippen MR) is 88.5 cm³/mol. The maximum atomic E-state index is 12.5. The Morgan fingerprint density at radius 2 is 1.62 bits per heavy atom. The van der Waals surface area contributed by atoms with Crippen LogP contribution in [0.3, 0.4) is 0 Å². The average Bonchev–Trinajstić information content (AvgIpc) is 2.65. The van der Waals surface area contributed by atoms with Gasteiger partial charge in [0.1, 0.15) is 6.04 Å². The van der Waals surface area contributed by atoms with E-state index in [9.17, 15) is 9.59 Å². The van der Waals surface area contributed by atoms with Gasteiger partial charge in [-0.2, -0.15) is 0 Å². The van der Waals surface area contributed by atoms with Crippen LogP contribution < -0.4 is 0 Å². The van der Waals surface area contributed by atoms with E-state index in [0.29, 0.717) is 6.54 Å². The van der Waals surface area contributed by atoms with Crippen LogP contribution in [-0.2, 0) is 20.8 Å². The molecule has 5 nitrogen and oxygen atoms in total. The number of methoxy groups -OCH3 is 2. The highest BCUT2D eigenvalue weighted by molar-refractivity contribution is 5.84. The highest BCUT2D eigenvalue weighted by Crippen LogP contribution is 2.38. The summed E-state index contributed by atoms with van der Waals surface area (Å²) in [7, 11) is 2.65. The van der Waals surface area contributed by atoms with E-state index in [0.717, 1.165) is 16.7 Å². The number of hydrogen-bond donors (Lipinski definition) is 0. The van der Waals surface area contributed by atoms with E-state index in [2.05, 4.69) is 0 Å². The fourth-order valence-electron chi connectivity index (χ4n) is 3.32. The summed E-state index contributed by atoms with van der Waals surface area (Å²) in [5.74, 6) is -0.758. The molecule has 1 aliphatic heterocycles. The van der Waals surface area contributed by atoms with E-state index in [1.54, 1.807) is 0 Å². The van der Waals surface area contributed by atoms with Gasteiger partial charge in [0, 0.05) is 5.92 Å². The molecule has 5 heteroatoms. The summed E-state index contributed by atoms with van der Waals surface area (Å²) >= 11 is 0. The lowest BCUT2D eigenvalue weighted by Gasteiger charge is -2.40. The molecule has 1 aliphatic rings. The number of fused-ring (bicyclic) bond motifs is 1. The summed E-state index contributed by atoms with van der Waals surface area (Å²) in [5.41, 5.74) is 2.98. The Labute approximate surface area is 140 Å². The van der Waals surface area contributed by atoms with Crippen molar-refractivity contribution in [2.75, 3.05) is 14.2 Å². The molecule has 0 bridgehead atoms. The van der Waals surface area contributed by atoms with Crippen molar-refractivity contribution in [3.05, 3.63) is 71.3 Å². The lowest BCUT2D eigenvalue weighted by atomic mass is 9.79. The Kier molecular flexibility index (Phi) is 4.51. The van der Waals surface area contributed by atoms with Crippen molar-refractivity contribution in [1.82, 2.24) is 4.90 Å². The van der Waals surface area contributed by atoms with Gasteiger partial charge in [0.2, 0.25) is 0 Å². The average molecular weight is 325 g/mol. The maximum absolute atomic E-state index is 12.5. The number of carbonyl (C=O) groups is 2. The van der Waals surface area contributed by atoms with Gasteiger partial charge in [-0.15, -0.1) is 0 Å². The summed E-state index contributed by atoms with van der Waals surface area (Å²) in [6.45, 7) is 0.311. The molecule has 3 rings (SSSR count). The number of esters is 1. The van der Waals surface area contributed by atoms with Crippen molar-refractivity contribution in [2.45, 2.75) is 18.5 Å². The van der Waals surface area contributed by atoms with E-state index >= 15 is 0 Å². The SMILES string of the molecule is COC(=O)[C@@H]1[C@H](c2ccccc2)c2ccccc2CN1C(=O)OC. The van der Waals surface area contributed by atoms with Gasteiger partial charge in [-0.05, 0) is 16.7 Å². The highest BCUT2D eigenvalue weighted by atomic mass is 16.5. The maximum Gasteiger partial charge on any atom is 0.410 e. The van der Waals surface area contributed by atoms with Gasteiger partial charge >= 0.3 is 12.1 Å². The summed E-state index contributed by atoms with van der Waals surface area (Å²) in [6.07, 6.45) is -0.541. The summed E-state index contributed by atoms with van der Waals surface area (Å²) in [4.78, 5) is 26.2. The van der Waals surface area contributed by atoms with Gasteiger partial charge in [-0.3, -0.25) is 4.90 Å². The van der Waals surface area contributed by atoms with Gasteiger partial charge in [-0.1, -0.05) is 54.6 Å². The third kappa shape index (κ3) is 2.73. The lowest BCUT2D eigenvalue weighted by molar-refractivity contribution is -0.147. The van der Waals surface area contributed by atoms with Crippen molar-refractivity contribution < 1.29 is 19.1 Å². The topological polar surface area (TPSA) is 55.8 Å². The van der Waals surface area contributed by atoms with Crippen LogP contribution in [0.1, 0.15) is 22.6 Å². The van der Waals surface area contributed by atoms with Gasteiger partial charge in [0.25, 0.3) is 0 Å². The quantitative estimate of drug-likeness (QED) is 0.797. The molecule has 2 aromatic rings. The second-order valence-corrected chi connectivity index (χ2v) is 5.65. The smallest absolute Gasteiger partial charge is 0.410 e. The summed E-state index contributed by atoms with van der Waals surface area (Å²) < 4.78 is 9.89. The van der Waals surface area contributed by atoms with Crippen molar-refractivity contribution in [3.63, 3.8) is 0 Å². The molecule has 2 atom stereocenters. The first-order valence-electron chi connectivity index (χ1n) is 7.72. The Morgan fingerprint density at radius 3 is 2.29 bits per heavy atom. The molecule has 0 fully saturated rings. The Bertz CT molecular complexity index is 744. The predicted octanol–water partition coefficient (Wildman–Crippen LogP) is 2.94. The first-order chi connectivity index (χ1) is 11.7. The van der Waals surface area contributed by atoms with Gasteiger partial charge in [0.15, 0.2) is 0 Å². The third-order valence-corrected chi connectivity index (χ3v) is 4.39. The van der Waals surface area contributed by atoms with E-state index in [1.807, 2.05) is 54.6 Å². The molecular weight excluding hydrogens is 306 g/mol. The molecule has 0 saturated carbocycles. The van der Waals surface area contributed by atoms with Crippen LogP contribution in [0.15, 0.2) is 54.6 Å². The minimum Gasteiger partial charge on any atom is -0.467 e. The molecule has 1 amide bonds. The zero-order valence-corrected chi connectivity index (χ0v) is 13.6. The Morgan fingerprint density at radius 1 is 0.958 bits per heavy atom. The Hall–Kier alpha value is -2.82. The number of amides is 1. The normalized spacial score (nSPS) is 19.3. The van der Waals surface area contributed by atoms with Crippen LogP contribution in [0, 0.1) is 0 Å². The molecule has 0 unspecified atom stereocenters. The number of hydrogen-bond acceptors (Lipinski definition) is 4. The number of benzene rings is 2. The van der Waals surface area contributed by atoms with Crippen LogP contribution in [0.2, 0.25) is 0 Å². The van der Waals surface area contributed by atoms with E-state index in [-0.39, 0.29) is 5.92 Å². The van der Waals surface area contributed by atoms with Crippen molar-refractivity contribution in [1.29, 1.82) is 0 Å². The molecule has 24 heavy (non-hydrogen) atoms. The third-order valence-electron chi connectivity index (χ3n) is 4.39. The van der Waals surface area contributed by atoms with Crippen LogP contribution in [0.25, 0.3) is 0 Å². The van der Waals surface area contributed by atoms with Crippen LogP contribution in [-0.4, -0.2) is 37.2 Å². The molecule has 0 spiro atoms. The van der Waals surface area contributed by atoms with Crippen LogP contribution in [0.5, 0.6) is 0 Å². The molecule has 1 heterocycles. The summed E-state index contributed by atoms with van der Waals surface area (Å²) in [5, 5.41) is 0.